The van der Waals surface area contributed by atoms with E-state index in [1.807, 2.05) is 12.1 Å². The highest BCUT2D eigenvalue weighted by atomic mass is 79.9. The van der Waals surface area contributed by atoms with Crippen molar-refractivity contribution in [3.63, 3.8) is 0 Å². The molecular weight excluding hydrogens is 358 g/mol. The summed E-state index contributed by atoms with van der Waals surface area (Å²) in [7, 11) is 0. The second kappa shape index (κ2) is 5.13. The first kappa shape index (κ1) is 13.5. The van der Waals surface area contributed by atoms with Crippen LogP contribution >= 0.6 is 52.1 Å². The Kier molecular flexibility index (Phi) is 3.64. The van der Waals surface area contributed by atoms with Crippen LogP contribution < -0.4 is 5.32 Å². The molecule has 1 aromatic rings. The molecule has 0 saturated carbocycles. The highest BCUT2D eigenvalue weighted by Crippen LogP contribution is 2.43. The molecule has 1 aromatic carbocycles. The van der Waals surface area contributed by atoms with Crippen molar-refractivity contribution in [3.05, 3.63) is 58.1 Å². The monoisotopic (exact) mass is 367 g/mol. The highest BCUT2D eigenvalue weighted by molar-refractivity contribution is 9.10. The number of allylic oxidation sites excluding steroid dienone is 2. The van der Waals surface area contributed by atoms with Crippen LogP contribution in [0.1, 0.15) is 12.0 Å². The van der Waals surface area contributed by atoms with Gasteiger partial charge >= 0.3 is 0 Å². The number of thiocarbonyl (C=S) groups is 2. The maximum Gasteiger partial charge on any atom is 0.140 e. The summed E-state index contributed by atoms with van der Waals surface area (Å²) in [5.74, 6) is 0. The third kappa shape index (κ3) is 2.23. The number of benzene rings is 1. The van der Waals surface area contributed by atoms with Crippen LogP contribution in [0.15, 0.2) is 52.5 Å². The average molecular weight is 368 g/mol. The third-order valence-electron chi connectivity index (χ3n) is 3.24. The summed E-state index contributed by atoms with van der Waals surface area (Å²) in [5, 5.41) is 3.42. The number of hydrogen-bond acceptors (Lipinski definition) is 3. The van der Waals surface area contributed by atoms with Crippen molar-refractivity contribution < 1.29 is 0 Å². The molecule has 5 heteroatoms. The summed E-state index contributed by atoms with van der Waals surface area (Å²) in [6.07, 6.45) is 7.43. The largest absolute Gasteiger partial charge is 0.352 e. The lowest BCUT2D eigenvalue weighted by Gasteiger charge is -2.30. The fraction of sp³-hybridized carbons (Fsp3) is 0.143. The summed E-state index contributed by atoms with van der Waals surface area (Å²) < 4.78 is 2.65. The zero-order valence-electron chi connectivity index (χ0n) is 9.85. The average Bonchev–Trinajstić information content (AvgIpc) is 2.97. The van der Waals surface area contributed by atoms with E-state index in [1.165, 1.54) is 17.3 Å². The summed E-state index contributed by atoms with van der Waals surface area (Å²) in [6, 6.07) is 8.22. The number of nitrogens with one attached hydrogen (secondary N) is 1. The van der Waals surface area contributed by atoms with Gasteiger partial charge in [-0.15, -0.1) is 0 Å². The Morgan fingerprint density at radius 2 is 2.16 bits per heavy atom. The molecule has 0 amide bonds. The van der Waals surface area contributed by atoms with Gasteiger partial charge in [0.15, 0.2) is 0 Å². The molecule has 0 aromatic heterocycles. The van der Waals surface area contributed by atoms with E-state index in [1.54, 1.807) is 0 Å². The third-order valence-corrected chi connectivity index (χ3v) is 5.42. The van der Waals surface area contributed by atoms with E-state index in [4.69, 9.17) is 24.4 Å². The Morgan fingerprint density at radius 1 is 1.32 bits per heavy atom. The van der Waals surface area contributed by atoms with Crippen LogP contribution in [0.3, 0.4) is 0 Å². The van der Waals surface area contributed by atoms with Crippen molar-refractivity contribution >= 4 is 60.6 Å². The van der Waals surface area contributed by atoms with Crippen LogP contribution in [-0.2, 0) is 5.54 Å². The van der Waals surface area contributed by atoms with Crippen LogP contribution in [0, 0.1) is 0 Å². The van der Waals surface area contributed by atoms with Crippen LogP contribution in [-0.4, -0.2) is 8.52 Å². The molecule has 1 heterocycles. The van der Waals surface area contributed by atoms with Gasteiger partial charge in [0.05, 0.1) is 4.20 Å². The van der Waals surface area contributed by atoms with E-state index >= 15 is 0 Å². The van der Waals surface area contributed by atoms with Gasteiger partial charge in [0.2, 0.25) is 0 Å². The molecule has 1 aliphatic carbocycles. The summed E-state index contributed by atoms with van der Waals surface area (Å²) in [5.41, 5.74) is 1.84. The first-order chi connectivity index (χ1) is 9.13. The lowest BCUT2D eigenvalue weighted by molar-refractivity contribution is 0.672. The van der Waals surface area contributed by atoms with Crippen molar-refractivity contribution in [2.75, 3.05) is 0 Å². The molecule has 0 radical (unpaired) electrons. The number of hydrogen-bond donors (Lipinski definition) is 1. The summed E-state index contributed by atoms with van der Waals surface area (Å²) in [6.45, 7) is 0. The molecule has 1 aliphatic heterocycles. The minimum absolute atomic E-state index is 0.464. The predicted molar refractivity (Wildman–Crippen MR) is 93.6 cm³/mol. The molecular formula is C14H10BrNS3. The first-order valence-corrected chi connectivity index (χ1v) is 8.23. The smallest absolute Gasteiger partial charge is 0.140 e. The molecule has 19 heavy (non-hydrogen) atoms. The fourth-order valence-electron chi connectivity index (χ4n) is 2.39. The minimum atomic E-state index is -0.464. The molecule has 1 unspecified atom stereocenters. The number of halogens is 1. The van der Waals surface area contributed by atoms with Crippen molar-refractivity contribution in [1.82, 2.24) is 5.32 Å². The van der Waals surface area contributed by atoms with Gasteiger partial charge < -0.3 is 5.32 Å². The Balaban J connectivity index is 2.20. The van der Waals surface area contributed by atoms with Crippen molar-refractivity contribution in [1.29, 1.82) is 0 Å². The molecule has 96 valence electrons. The lowest BCUT2D eigenvalue weighted by atomic mass is 9.84. The molecule has 0 spiro atoms. The molecule has 1 saturated heterocycles. The zero-order valence-corrected chi connectivity index (χ0v) is 13.9. The van der Waals surface area contributed by atoms with Gasteiger partial charge in [0.25, 0.3) is 0 Å². The summed E-state index contributed by atoms with van der Waals surface area (Å²) >= 11 is 15.9. The van der Waals surface area contributed by atoms with Gasteiger partial charge in [-0.05, 0) is 29.7 Å². The Bertz CT molecular complexity index is 635. The maximum absolute atomic E-state index is 5.61. The molecule has 3 rings (SSSR count). The number of thioether (sulfide) groups is 1. The molecule has 1 atom stereocenters. The topological polar surface area (TPSA) is 12.0 Å². The standard InChI is InChI=1S/C14H10BrNS3/c15-11-7-3-6-10(8-11)14(9-4-1-2-5-9)12(17)19-13(18)16-14/h1,3-8H,2H2,(H,16,18). The Morgan fingerprint density at radius 3 is 2.74 bits per heavy atom. The van der Waals surface area contributed by atoms with Gasteiger partial charge in [0, 0.05) is 4.47 Å². The van der Waals surface area contributed by atoms with Gasteiger partial charge in [-0.1, -0.05) is 82.5 Å². The van der Waals surface area contributed by atoms with Crippen molar-refractivity contribution in [2.45, 2.75) is 12.0 Å². The van der Waals surface area contributed by atoms with Crippen molar-refractivity contribution in [3.8, 4) is 0 Å². The van der Waals surface area contributed by atoms with E-state index in [0.29, 0.717) is 0 Å². The Hall–Kier alpha value is -0.490. The van der Waals surface area contributed by atoms with Gasteiger partial charge in [-0.3, -0.25) is 0 Å². The Labute approximate surface area is 135 Å². The van der Waals surface area contributed by atoms with E-state index in [9.17, 15) is 0 Å². The molecule has 2 aliphatic rings. The van der Waals surface area contributed by atoms with E-state index in [0.717, 1.165) is 25.0 Å². The van der Waals surface area contributed by atoms with Crippen LogP contribution in [0.2, 0.25) is 0 Å². The van der Waals surface area contributed by atoms with Crippen molar-refractivity contribution in [2.24, 2.45) is 0 Å². The molecule has 0 bridgehead atoms. The minimum Gasteiger partial charge on any atom is -0.352 e. The predicted octanol–water partition coefficient (Wildman–Crippen LogP) is 4.48. The maximum atomic E-state index is 5.61. The van der Waals surface area contributed by atoms with Gasteiger partial charge in [0.1, 0.15) is 9.86 Å². The first-order valence-electron chi connectivity index (χ1n) is 5.80. The molecule has 1 nitrogen and oxygen atoms in total. The quantitative estimate of drug-likeness (QED) is 0.772. The van der Waals surface area contributed by atoms with E-state index < -0.39 is 5.54 Å². The highest BCUT2D eigenvalue weighted by Gasteiger charge is 2.46. The SMILES string of the molecule is S=C1NC(C2=CCC=C2)(c2cccc(Br)c2)C(=S)S1. The van der Waals surface area contributed by atoms with E-state index in [-0.39, 0.29) is 0 Å². The molecule has 1 N–H and O–H groups in total. The summed E-state index contributed by atoms with van der Waals surface area (Å²) in [4.78, 5) is 0. The van der Waals surface area contributed by atoms with Gasteiger partial charge in [-0.2, -0.15) is 0 Å². The second-order valence-corrected chi connectivity index (χ2v) is 7.63. The van der Waals surface area contributed by atoms with E-state index in [2.05, 4.69) is 51.6 Å². The van der Waals surface area contributed by atoms with Crippen LogP contribution in [0.4, 0.5) is 0 Å². The zero-order chi connectivity index (χ0) is 13.5. The fourth-order valence-corrected chi connectivity index (χ4v) is 4.70. The number of rotatable bonds is 2. The lowest BCUT2D eigenvalue weighted by Crippen LogP contribution is -2.43. The second-order valence-electron chi connectivity index (χ2n) is 4.36. The van der Waals surface area contributed by atoms with Crippen LogP contribution in [0.25, 0.3) is 0 Å². The van der Waals surface area contributed by atoms with Crippen LogP contribution in [0.5, 0.6) is 0 Å². The normalized spacial score (nSPS) is 25.6. The molecule has 1 fully saturated rings. The van der Waals surface area contributed by atoms with Gasteiger partial charge in [-0.25, -0.2) is 0 Å².